The first-order valence-corrected chi connectivity index (χ1v) is 12.7. The molecule has 2 amide bonds. The third-order valence-electron chi connectivity index (χ3n) is 5.29. The molecule has 2 unspecified atom stereocenters. The summed E-state index contributed by atoms with van der Waals surface area (Å²) >= 11 is 1.29. The van der Waals surface area contributed by atoms with E-state index in [9.17, 15) is 19.8 Å². The zero-order chi connectivity index (χ0) is 26.8. The second kappa shape index (κ2) is 13.7. The van der Waals surface area contributed by atoms with Gasteiger partial charge in [0.1, 0.15) is 5.75 Å². The molecule has 2 atom stereocenters. The Labute approximate surface area is 220 Å². The van der Waals surface area contributed by atoms with E-state index in [4.69, 9.17) is 4.74 Å². The van der Waals surface area contributed by atoms with Gasteiger partial charge in [-0.15, -0.1) is 11.3 Å². The van der Waals surface area contributed by atoms with Gasteiger partial charge in [0.15, 0.2) is 0 Å². The summed E-state index contributed by atoms with van der Waals surface area (Å²) in [4.78, 5) is 27.5. The van der Waals surface area contributed by atoms with E-state index < -0.39 is 18.1 Å². The van der Waals surface area contributed by atoms with Crippen molar-refractivity contribution in [3.05, 3.63) is 81.5 Å². The maximum Gasteiger partial charge on any atom is 0.274 e. The fraction of sp³-hybridized carbons (Fsp3) is 0.296. The molecule has 10 heteroatoms. The molecular formula is C27H32N4O5S. The first kappa shape index (κ1) is 28.0. The minimum atomic E-state index is -0.547. The number of anilines is 1. The standard InChI is InChI=1S/C27H32N4O5S/c1-18(32)13-31(14-19(2)33)15-21-5-4-6-22(11-21)26(34)29-25-17-37-16-24(25)27(35)30-28-12-20-7-9-23(36-3)10-8-20/h4-12,16-19,32-33H,13-15H2,1-3H3,(H,29,34)(H,30,35). The van der Waals surface area contributed by atoms with E-state index in [1.54, 1.807) is 62.0 Å². The molecule has 3 aromatic rings. The van der Waals surface area contributed by atoms with Crippen molar-refractivity contribution in [1.29, 1.82) is 0 Å². The summed E-state index contributed by atoms with van der Waals surface area (Å²) in [6.45, 7) is 4.65. The van der Waals surface area contributed by atoms with E-state index in [0.717, 1.165) is 16.9 Å². The van der Waals surface area contributed by atoms with Crippen LogP contribution in [-0.2, 0) is 6.54 Å². The second-order valence-electron chi connectivity index (χ2n) is 8.72. The van der Waals surface area contributed by atoms with E-state index in [-0.39, 0.29) is 5.91 Å². The van der Waals surface area contributed by atoms with Gasteiger partial charge in [-0.1, -0.05) is 12.1 Å². The van der Waals surface area contributed by atoms with Crippen LogP contribution in [0.2, 0.25) is 0 Å². The lowest BCUT2D eigenvalue weighted by Gasteiger charge is -2.25. The average molecular weight is 525 g/mol. The summed E-state index contributed by atoms with van der Waals surface area (Å²) in [6.07, 6.45) is 0.425. The van der Waals surface area contributed by atoms with Gasteiger partial charge in [0.25, 0.3) is 11.8 Å². The number of benzene rings is 2. The second-order valence-corrected chi connectivity index (χ2v) is 9.46. The summed E-state index contributed by atoms with van der Waals surface area (Å²) in [6, 6.07) is 14.3. The van der Waals surface area contributed by atoms with Crippen molar-refractivity contribution in [2.45, 2.75) is 32.6 Å². The molecule has 196 valence electrons. The summed E-state index contributed by atoms with van der Waals surface area (Å²) < 4.78 is 5.12. The third kappa shape index (κ3) is 8.80. The van der Waals surface area contributed by atoms with Crippen LogP contribution in [0, 0.1) is 0 Å². The fourth-order valence-electron chi connectivity index (χ4n) is 3.70. The van der Waals surface area contributed by atoms with Gasteiger partial charge in [-0.25, -0.2) is 5.43 Å². The van der Waals surface area contributed by atoms with Gasteiger partial charge < -0.3 is 20.3 Å². The monoisotopic (exact) mass is 524 g/mol. The maximum atomic E-state index is 13.0. The molecule has 0 saturated carbocycles. The number of ether oxygens (including phenoxy) is 1. The summed E-state index contributed by atoms with van der Waals surface area (Å²) in [7, 11) is 1.59. The average Bonchev–Trinajstić information content (AvgIpc) is 3.32. The fourth-order valence-corrected chi connectivity index (χ4v) is 4.46. The number of carbonyl (C=O) groups excluding carboxylic acids is 2. The number of hydrazone groups is 1. The molecule has 0 spiro atoms. The predicted molar refractivity (Wildman–Crippen MR) is 145 cm³/mol. The number of methoxy groups -OCH3 is 1. The van der Waals surface area contributed by atoms with Crippen LogP contribution in [0.5, 0.6) is 5.75 Å². The van der Waals surface area contributed by atoms with Crippen molar-refractivity contribution in [2.75, 3.05) is 25.5 Å². The highest BCUT2D eigenvalue weighted by Crippen LogP contribution is 2.22. The molecule has 0 aliphatic carbocycles. The molecule has 0 aliphatic heterocycles. The molecule has 3 rings (SSSR count). The van der Waals surface area contributed by atoms with Crippen molar-refractivity contribution in [3.63, 3.8) is 0 Å². The Bertz CT molecular complexity index is 1200. The molecule has 0 aliphatic rings. The third-order valence-corrected chi connectivity index (χ3v) is 6.03. The number of nitrogens with one attached hydrogen (secondary N) is 2. The molecular weight excluding hydrogens is 492 g/mol. The van der Waals surface area contributed by atoms with Gasteiger partial charge in [0, 0.05) is 36.0 Å². The van der Waals surface area contributed by atoms with Crippen molar-refractivity contribution >= 4 is 35.1 Å². The van der Waals surface area contributed by atoms with Crippen molar-refractivity contribution in [1.82, 2.24) is 10.3 Å². The molecule has 37 heavy (non-hydrogen) atoms. The number of thiophene rings is 1. The van der Waals surface area contributed by atoms with Crippen LogP contribution in [0.1, 0.15) is 45.7 Å². The van der Waals surface area contributed by atoms with Gasteiger partial charge in [0.05, 0.1) is 36.8 Å². The van der Waals surface area contributed by atoms with Crippen LogP contribution >= 0.6 is 11.3 Å². The first-order valence-electron chi connectivity index (χ1n) is 11.8. The number of hydrogen-bond acceptors (Lipinski definition) is 8. The number of carbonyl (C=O) groups is 2. The molecule has 0 saturated heterocycles. The van der Waals surface area contributed by atoms with E-state index in [2.05, 4.69) is 15.8 Å². The van der Waals surface area contributed by atoms with Crippen LogP contribution in [0.4, 0.5) is 5.69 Å². The lowest BCUT2D eigenvalue weighted by atomic mass is 10.1. The molecule has 9 nitrogen and oxygen atoms in total. The highest BCUT2D eigenvalue weighted by Gasteiger charge is 2.17. The van der Waals surface area contributed by atoms with Crippen LogP contribution < -0.4 is 15.5 Å². The van der Waals surface area contributed by atoms with E-state index in [1.165, 1.54) is 17.6 Å². The minimum Gasteiger partial charge on any atom is -0.497 e. The van der Waals surface area contributed by atoms with Crippen LogP contribution in [0.15, 0.2) is 64.4 Å². The van der Waals surface area contributed by atoms with Crippen molar-refractivity contribution < 1.29 is 24.5 Å². The first-order chi connectivity index (χ1) is 17.7. The van der Waals surface area contributed by atoms with Crippen molar-refractivity contribution in [3.8, 4) is 5.75 Å². The number of aliphatic hydroxyl groups excluding tert-OH is 2. The van der Waals surface area contributed by atoms with E-state index in [1.807, 2.05) is 23.1 Å². The SMILES string of the molecule is COc1ccc(C=NNC(=O)c2cscc2NC(=O)c2cccc(CN(CC(C)O)CC(C)O)c2)cc1. The van der Waals surface area contributed by atoms with Crippen LogP contribution in [0.25, 0.3) is 0 Å². The van der Waals surface area contributed by atoms with Crippen molar-refractivity contribution in [2.24, 2.45) is 5.10 Å². The molecule has 0 fully saturated rings. The molecule has 1 aromatic heterocycles. The Hall–Kier alpha value is -3.57. The number of nitrogens with zero attached hydrogens (tertiary/aromatic N) is 2. The highest BCUT2D eigenvalue weighted by molar-refractivity contribution is 7.08. The minimum absolute atomic E-state index is 0.307. The number of hydrogen-bond donors (Lipinski definition) is 4. The molecule has 4 N–H and O–H groups in total. The van der Waals surface area contributed by atoms with Crippen LogP contribution in [-0.4, -0.2) is 65.5 Å². The van der Waals surface area contributed by atoms with Crippen LogP contribution in [0.3, 0.4) is 0 Å². The Balaban J connectivity index is 1.63. The Kier molecular flexibility index (Phi) is 10.3. The van der Waals surface area contributed by atoms with Gasteiger partial charge in [-0.2, -0.15) is 5.10 Å². The summed E-state index contributed by atoms with van der Waals surface area (Å²) in [5.41, 5.74) is 5.27. The van der Waals surface area contributed by atoms with Gasteiger partial charge >= 0.3 is 0 Å². The highest BCUT2D eigenvalue weighted by atomic mass is 32.1. The molecule has 0 bridgehead atoms. The lowest BCUT2D eigenvalue weighted by Crippen LogP contribution is -2.35. The Morgan fingerprint density at radius 3 is 2.41 bits per heavy atom. The Morgan fingerprint density at radius 2 is 1.76 bits per heavy atom. The Morgan fingerprint density at radius 1 is 1.05 bits per heavy atom. The maximum absolute atomic E-state index is 13.0. The largest absolute Gasteiger partial charge is 0.497 e. The molecule has 1 heterocycles. The van der Waals surface area contributed by atoms with Gasteiger partial charge in [0.2, 0.25) is 0 Å². The van der Waals surface area contributed by atoms with Gasteiger partial charge in [-0.3, -0.25) is 14.5 Å². The molecule has 2 aromatic carbocycles. The smallest absolute Gasteiger partial charge is 0.274 e. The van der Waals surface area contributed by atoms with E-state index >= 15 is 0 Å². The zero-order valence-corrected chi connectivity index (χ0v) is 21.9. The molecule has 0 radical (unpaired) electrons. The summed E-state index contributed by atoms with van der Waals surface area (Å²) in [5, 5.41) is 29.7. The quantitative estimate of drug-likeness (QED) is 0.213. The zero-order valence-electron chi connectivity index (χ0n) is 21.0. The van der Waals surface area contributed by atoms with Gasteiger partial charge in [-0.05, 0) is 61.4 Å². The number of rotatable bonds is 12. The van der Waals surface area contributed by atoms with E-state index in [0.29, 0.717) is 36.4 Å². The lowest BCUT2D eigenvalue weighted by molar-refractivity contribution is 0.0793. The predicted octanol–water partition coefficient (Wildman–Crippen LogP) is 3.34. The number of aliphatic hydroxyl groups is 2. The normalized spacial score (nSPS) is 12.9. The number of amides is 2. The topological polar surface area (TPSA) is 123 Å². The summed E-state index contributed by atoms with van der Waals surface area (Å²) in [5.74, 6) is -0.0715.